The summed E-state index contributed by atoms with van der Waals surface area (Å²) in [5.41, 5.74) is 2.73. The van der Waals surface area contributed by atoms with Gasteiger partial charge in [-0.1, -0.05) is 25.0 Å². The molecule has 5 nitrogen and oxygen atoms in total. The zero-order chi connectivity index (χ0) is 17.8. The summed E-state index contributed by atoms with van der Waals surface area (Å²) in [4.78, 5) is 23.7. The minimum Gasteiger partial charge on any atom is -0.349 e. The van der Waals surface area contributed by atoms with Crippen LogP contribution in [0.2, 0.25) is 0 Å². The quantitative estimate of drug-likeness (QED) is 0.911. The van der Waals surface area contributed by atoms with Gasteiger partial charge in [0.05, 0.1) is 0 Å². The molecule has 2 fully saturated rings. The minimum absolute atomic E-state index is 0.0279. The number of hydrogen-bond acceptors (Lipinski definition) is 4. The fraction of sp³-hybridized carbons (Fsp3) is 0.476. The van der Waals surface area contributed by atoms with Crippen molar-refractivity contribution >= 4 is 11.9 Å². The maximum atomic E-state index is 12.3. The first-order valence-corrected chi connectivity index (χ1v) is 9.78. The van der Waals surface area contributed by atoms with E-state index in [2.05, 4.69) is 20.2 Å². The molecule has 1 aliphatic heterocycles. The van der Waals surface area contributed by atoms with E-state index in [0.717, 1.165) is 43.0 Å². The molecule has 1 saturated carbocycles. The Morgan fingerprint density at radius 1 is 0.885 bits per heavy atom. The molecule has 2 aliphatic rings. The molecule has 1 aliphatic carbocycles. The SMILES string of the molecule is O=C(NC1CCCC1)c1ccc(-c2cnc(N3CCCCC3)nc2)cc1. The number of carbonyl (C=O) groups excluding carboxylic acids is 1. The molecule has 0 bridgehead atoms. The predicted octanol–water partition coefficient (Wildman–Crippen LogP) is 3.81. The molecule has 0 spiro atoms. The van der Waals surface area contributed by atoms with Crippen LogP contribution in [0.5, 0.6) is 0 Å². The van der Waals surface area contributed by atoms with Crippen LogP contribution >= 0.6 is 0 Å². The molecular weight excluding hydrogens is 324 g/mol. The summed E-state index contributed by atoms with van der Waals surface area (Å²) in [6, 6.07) is 8.07. The van der Waals surface area contributed by atoms with Crippen molar-refractivity contribution in [1.29, 1.82) is 0 Å². The number of rotatable bonds is 4. The van der Waals surface area contributed by atoms with E-state index in [1.165, 1.54) is 32.1 Å². The lowest BCUT2D eigenvalue weighted by atomic mass is 10.1. The van der Waals surface area contributed by atoms with Gasteiger partial charge in [-0.3, -0.25) is 4.79 Å². The van der Waals surface area contributed by atoms with Gasteiger partial charge in [0.1, 0.15) is 0 Å². The standard InChI is InChI=1S/C21H26N4O/c26-20(24-19-6-2-3-7-19)17-10-8-16(9-11-17)18-14-22-21(23-15-18)25-12-4-1-5-13-25/h8-11,14-15,19H,1-7,12-13H2,(H,24,26). The first kappa shape index (κ1) is 17.0. The van der Waals surface area contributed by atoms with Gasteiger partial charge >= 0.3 is 0 Å². The highest BCUT2D eigenvalue weighted by Crippen LogP contribution is 2.22. The molecule has 5 heteroatoms. The highest BCUT2D eigenvalue weighted by Gasteiger charge is 2.18. The van der Waals surface area contributed by atoms with Gasteiger partial charge in [-0.25, -0.2) is 9.97 Å². The van der Waals surface area contributed by atoms with Gasteiger partial charge in [0.25, 0.3) is 5.91 Å². The van der Waals surface area contributed by atoms with E-state index in [1.54, 1.807) is 0 Å². The van der Waals surface area contributed by atoms with Gasteiger partial charge in [0, 0.05) is 42.7 Å². The van der Waals surface area contributed by atoms with Crippen molar-refractivity contribution in [1.82, 2.24) is 15.3 Å². The van der Waals surface area contributed by atoms with Crippen molar-refractivity contribution < 1.29 is 4.79 Å². The average Bonchev–Trinajstić information content (AvgIpc) is 3.22. The van der Waals surface area contributed by atoms with Crippen LogP contribution in [0.15, 0.2) is 36.7 Å². The van der Waals surface area contributed by atoms with E-state index in [9.17, 15) is 4.79 Å². The Kier molecular flexibility index (Phi) is 5.14. The Morgan fingerprint density at radius 3 is 2.19 bits per heavy atom. The van der Waals surface area contributed by atoms with Crippen LogP contribution in [-0.4, -0.2) is 35.0 Å². The van der Waals surface area contributed by atoms with Gasteiger partial charge in [-0.2, -0.15) is 0 Å². The topological polar surface area (TPSA) is 58.1 Å². The molecule has 1 N–H and O–H groups in total. The second-order valence-electron chi connectivity index (χ2n) is 7.35. The van der Waals surface area contributed by atoms with E-state index in [0.29, 0.717) is 11.6 Å². The van der Waals surface area contributed by atoms with E-state index in [4.69, 9.17) is 0 Å². The number of benzene rings is 1. The maximum Gasteiger partial charge on any atom is 0.251 e. The normalized spacial score (nSPS) is 18.1. The van der Waals surface area contributed by atoms with Crippen LogP contribution in [0.25, 0.3) is 11.1 Å². The summed E-state index contributed by atoms with van der Waals surface area (Å²) >= 11 is 0. The molecule has 1 aromatic heterocycles. The van der Waals surface area contributed by atoms with E-state index in [-0.39, 0.29) is 5.91 Å². The third kappa shape index (κ3) is 3.87. The monoisotopic (exact) mass is 350 g/mol. The lowest BCUT2D eigenvalue weighted by Gasteiger charge is -2.26. The average molecular weight is 350 g/mol. The van der Waals surface area contributed by atoms with Crippen LogP contribution < -0.4 is 10.2 Å². The summed E-state index contributed by atoms with van der Waals surface area (Å²) in [6.45, 7) is 2.09. The third-order valence-corrected chi connectivity index (χ3v) is 5.45. The third-order valence-electron chi connectivity index (χ3n) is 5.45. The van der Waals surface area contributed by atoms with Crippen LogP contribution in [0.3, 0.4) is 0 Å². The molecule has 0 unspecified atom stereocenters. The molecule has 4 rings (SSSR count). The molecule has 1 aromatic carbocycles. The summed E-state index contributed by atoms with van der Waals surface area (Å²) in [5.74, 6) is 0.848. The second kappa shape index (κ2) is 7.85. The highest BCUT2D eigenvalue weighted by atomic mass is 16.1. The number of hydrogen-bond donors (Lipinski definition) is 1. The maximum absolute atomic E-state index is 12.3. The number of anilines is 1. The van der Waals surface area contributed by atoms with Gasteiger partial charge in [-0.05, 0) is 49.8 Å². The molecule has 1 saturated heterocycles. The Balaban J connectivity index is 1.42. The summed E-state index contributed by atoms with van der Waals surface area (Å²) < 4.78 is 0. The first-order chi connectivity index (χ1) is 12.8. The Labute approximate surface area is 154 Å². The van der Waals surface area contributed by atoms with Crippen LogP contribution in [0, 0.1) is 0 Å². The van der Waals surface area contributed by atoms with E-state index >= 15 is 0 Å². The molecule has 0 atom stereocenters. The van der Waals surface area contributed by atoms with E-state index in [1.807, 2.05) is 36.7 Å². The largest absolute Gasteiger partial charge is 0.349 e. The summed E-state index contributed by atoms with van der Waals surface area (Å²) in [5, 5.41) is 3.13. The summed E-state index contributed by atoms with van der Waals surface area (Å²) in [6.07, 6.45) is 12.1. The van der Waals surface area contributed by atoms with Crippen molar-refractivity contribution in [2.75, 3.05) is 18.0 Å². The van der Waals surface area contributed by atoms with Gasteiger partial charge in [0.15, 0.2) is 0 Å². The first-order valence-electron chi connectivity index (χ1n) is 9.78. The number of piperidine rings is 1. The highest BCUT2D eigenvalue weighted by molar-refractivity contribution is 5.94. The van der Waals surface area contributed by atoms with Crippen molar-refractivity contribution in [3.05, 3.63) is 42.2 Å². The Morgan fingerprint density at radius 2 is 1.54 bits per heavy atom. The van der Waals surface area contributed by atoms with Crippen LogP contribution in [0.1, 0.15) is 55.3 Å². The van der Waals surface area contributed by atoms with E-state index < -0.39 is 0 Å². The van der Waals surface area contributed by atoms with Crippen molar-refractivity contribution in [2.45, 2.75) is 51.0 Å². The van der Waals surface area contributed by atoms with Crippen LogP contribution in [-0.2, 0) is 0 Å². The number of nitrogens with zero attached hydrogens (tertiary/aromatic N) is 3. The Bertz CT molecular complexity index is 730. The Hall–Kier alpha value is -2.43. The van der Waals surface area contributed by atoms with Gasteiger partial charge in [0.2, 0.25) is 5.95 Å². The zero-order valence-electron chi connectivity index (χ0n) is 15.2. The van der Waals surface area contributed by atoms with Crippen molar-refractivity contribution in [3.8, 4) is 11.1 Å². The lowest BCUT2D eigenvalue weighted by Crippen LogP contribution is -2.32. The van der Waals surface area contributed by atoms with Crippen molar-refractivity contribution in [2.24, 2.45) is 0 Å². The second-order valence-corrected chi connectivity index (χ2v) is 7.35. The fourth-order valence-corrected chi connectivity index (χ4v) is 3.88. The van der Waals surface area contributed by atoms with Crippen LogP contribution in [0.4, 0.5) is 5.95 Å². The fourth-order valence-electron chi connectivity index (χ4n) is 3.88. The molecule has 26 heavy (non-hydrogen) atoms. The van der Waals surface area contributed by atoms with Gasteiger partial charge < -0.3 is 10.2 Å². The summed E-state index contributed by atoms with van der Waals surface area (Å²) in [7, 11) is 0. The molecule has 2 heterocycles. The molecule has 136 valence electrons. The van der Waals surface area contributed by atoms with Gasteiger partial charge in [-0.15, -0.1) is 0 Å². The number of aromatic nitrogens is 2. The smallest absolute Gasteiger partial charge is 0.251 e. The predicted molar refractivity (Wildman–Crippen MR) is 103 cm³/mol. The number of amides is 1. The number of carbonyl (C=O) groups is 1. The number of nitrogens with one attached hydrogen (secondary N) is 1. The molecule has 2 aromatic rings. The molecule has 1 amide bonds. The molecular formula is C21H26N4O. The minimum atomic E-state index is 0.0279. The molecule has 0 radical (unpaired) electrons. The zero-order valence-corrected chi connectivity index (χ0v) is 15.2. The van der Waals surface area contributed by atoms with Crippen molar-refractivity contribution in [3.63, 3.8) is 0 Å². The lowest BCUT2D eigenvalue weighted by molar-refractivity contribution is 0.0938.